The van der Waals surface area contributed by atoms with Gasteiger partial charge in [0.2, 0.25) is 0 Å². The van der Waals surface area contributed by atoms with Gasteiger partial charge in [0.25, 0.3) is 0 Å². The van der Waals surface area contributed by atoms with Crippen molar-refractivity contribution in [1.29, 1.82) is 0 Å². The largest absolute Gasteiger partial charge is 0.468 e. The average molecular weight is 189 g/mol. The monoisotopic (exact) mass is 189 g/mol. The van der Waals surface area contributed by atoms with Crippen LogP contribution in [-0.2, 0) is 19.1 Å². The Balaban J connectivity index is 3.89. The van der Waals surface area contributed by atoms with E-state index in [0.717, 1.165) is 0 Å². The van der Waals surface area contributed by atoms with Crippen molar-refractivity contribution < 1.29 is 19.1 Å². The molecule has 13 heavy (non-hydrogen) atoms. The van der Waals surface area contributed by atoms with Crippen molar-refractivity contribution in [2.24, 2.45) is 0 Å². The molecule has 1 N–H and O–H groups in total. The zero-order valence-corrected chi connectivity index (χ0v) is 8.34. The molecule has 0 aromatic rings. The van der Waals surface area contributed by atoms with Gasteiger partial charge in [-0.25, -0.2) is 0 Å². The summed E-state index contributed by atoms with van der Waals surface area (Å²) in [5.74, 6) is -0.798. The van der Waals surface area contributed by atoms with Gasteiger partial charge in [0.05, 0.1) is 7.11 Å². The lowest BCUT2D eigenvalue weighted by Crippen LogP contribution is -2.48. The Labute approximate surface area is 77.4 Å². The molecule has 0 saturated heterocycles. The summed E-state index contributed by atoms with van der Waals surface area (Å²) in [5.41, 5.74) is -0.843. The lowest BCUT2D eigenvalue weighted by Gasteiger charge is -2.22. The maximum absolute atomic E-state index is 11.1. The molecule has 0 aliphatic rings. The van der Waals surface area contributed by atoms with E-state index in [2.05, 4.69) is 14.8 Å². The molecule has 0 aliphatic heterocycles. The molecule has 0 bridgehead atoms. The van der Waals surface area contributed by atoms with Crippen molar-refractivity contribution >= 4 is 11.9 Å². The van der Waals surface area contributed by atoms with Crippen molar-refractivity contribution in [3.8, 4) is 0 Å². The summed E-state index contributed by atoms with van der Waals surface area (Å²) in [4.78, 5) is 21.5. The van der Waals surface area contributed by atoms with E-state index in [-0.39, 0.29) is 6.73 Å². The highest BCUT2D eigenvalue weighted by molar-refractivity contribution is 5.79. The van der Waals surface area contributed by atoms with Gasteiger partial charge >= 0.3 is 11.9 Å². The van der Waals surface area contributed by atoms with Crippen LogP contribution in [-0.4, -0.2) is 31.3 Å². The SMILES string of the molecule is COC(=O)C(C)(C)NCOC(C)=O. The van der Waals surface area contributed by atoms with Crippen LogP contribution in [0.25, 0.3) is 0 Å². The van der Waals surface area contributed by atoms with Crippen LogP contribution in [0.15, 0.2) is 0 Å². The Kier molecular flexibility index (Phi) is 4.40. The van der Waals surface area contributed by atoms with E-state index >= 15 is 0 Å². The van der Waals surface area contributed by atoms with Crippen LogP contribution in [0.4, 0.5) is 0 Å². The molecule has 0 fully saturated rings. The van der Waals surface area contributed by atoms with Gasteiger partial charge in [-0.1, -0.05) is 0 Å². The van der Waals surface area contributed by atoms with Crippen LogP contribution in [0, 0.1) is 0 Å². The zero-order valence-electron chi connectivity index (χ0n) is 8.34. The van der Waals surface area contributed by atoms with Gasteiger partial charge in [-0.2, -0.15) is 0 Å². The molecule has 0 atom stereocenters. The Morgan fingerprint density at radius 2 is 1.92 bits per heavy atom. The maximum atomic E-state index is 11.1. The van der Waals surface area contributed by atoms with Gasteiger partial charge in [-0.05, 0) is 13.8 Å². The van der Waals surface area contributed by atoms with Crippen LogP contribution < -0.4 is 5.32 Å². The molecule has 5 nitrogen and oxygen atoms in total. The molecular weight excluding hydrogens is 174 g/mol. The second kappa shape index (κ2) is 4.81. The fourth-order valence-corrected chi connectivity index (χ4v) is 0.645. The molecule has 76 valence electrons. The number of esters is 2. The summed E-state index contributed by atoms with van der Waals surface area (Å²) in [6, 6.07) is 0. The number of rotatable bonds is 4. The third-order valence-corrected chi connectivity index (χ3v) is 1.49. The highest BCUT2D eigenvalue weighted by Gasteiger charge is 2.27. The van der Waals surface area contributed by atoms with E-state index in [0.29, 0.717) is 0 Å². The van der Waals surface area contributed by atoms with E-state index < -0.39 is 17.5 Å². The van der Waals surface area contributed by atoms with E-state index in [1.165, 1.54) is 14.0 Å². The van der Waals surface area contributed by atoms with E-state index in [9.17, 15) is 9.59 Å². The van der Waals surface area contributed by atoms with Crippen molar-refractivity contribution in [1.82, 2.24) is 5.32 Å². The summed E-state index contributed by atoms with van der Waals surface area (Å²) in [5, 5.41) is 2.72. The third-order valence-electron chi connectivity index (χ3n) is 1.49. The highest BCUT2D eigenvalue weighted by Crippen LogP contribution is 2.03. The Hall–Kier alpha value is -1.10. The van der Waals surface area contributed by atoms with E-state index in [4.69, 9.17) is 0 Å². The fraction of sp³-hybridized carbons (Fsp3) is 0.750. The Morgan fingerprint density at radius 1 is 1.38 bits per heavy atom. The first-order valence-electron chi connectivity index (χ1n) is 3.87. The summed E-state index contributed by atoms with van der Waals surface area (Å²) < 4.78 is 9.15. The van der Waals surface area contributed by atoms with Gasteiger partial charge < -0.3 is 9.47 Å². The molecule has 0 heterocycles. The molecule has 0 amide bonds. The van der Waals surface area contributed by atoms with Crippen molar-refractivity contribution in [3.63, 3.8) is 0 Å². The molecule has 0 aromatic carbocycles. The quantitative estimate of drug-likeness (QED) is 0.500. The number of methoxy groups -OCH3 is 1. The minimum absolute atomic E-state index is 0.00255. The van der Waals surface area contributed by atoms with Crippen molar-refractivity contribution in [2.45, 2.75) is 26.3 Å². The molecular formula is C8H15NO4. The lowest BCUT2D eigenvalue weighted by atomic mass is 10.1. The number of carbonyl (C=O) groups excluding carboxylic acids is 2. The first kappa shape index (κ1) is 11.9. The smallest absolute Gasteiger partial charge is 0.325 e. The van der Waals surface area contributed by atoms with Crippen LogP contribution in [0.3, 0.4) is 0 Å². The zero-order chi connectivity index (χ0) is 10.5. The summed E-state index contributed by atoms with van der Waals surface area (Å²) in [6.07, 6.45) is 0. The molecule has 0 radical (unpaired) electrons. The predicted molar refractivity (Wildman–Crippen MR) is 45.9 cm³/mol. The number of carbonyl (C=O) groups is 2. The van der Waals surface area contributed by atoms with Crippen molar-refractivity contribution in [2.75, 3.05) is 13.8 Å². The van der Waals surface area contributed by atoms with E-state index in [1.807, 2.05) is 0 Å². The topological polar surface area (TPSA) is 64.6 Å². The van der Waals surface area contributed by atoms with Gasteiger partial charge in [0.1, 0.15) is 12.3 Å². The number of hydrogen-bond donors (Lipinski definition) is 1. The van der Waals surface area contributed by atoms with Crippen LogP contribution >= 0.6 is 0 Å². The molecule has 0 saturated carbocycles. The normalized spacial score (nSPS) is 10.8. The van der Waals surface area contributed by atoms with Gasteiger partial charge in [-0.15, -0.1) is 0 Å². The number of ether oxygens (including phenoxy) is 2. The van der Waals surface area contributed by atoms with E-state index in [1.54, 1.807) is 13.8 Å². The average Bonchev–Trinajstić information content (AvgIpc) is 2.01. The second-order valence-corrected chi connectivity index (χ2v) is 3.07. The standard InChI is InChI=1S/C8H15NO4/c1-6(10)13-5-9-8(2,3)7(11)12-4/h9H,5H2,1-4H3. The maximum Gasteiger partial charge on any atom is 0.325 e. The molecule has 0 aromatic heterocycles. The number of nitrogens with one attached hydrogen (secondary N) is 1. The predicted octanol–water partition coefficient (Wildman–Crippen LogP) is 0.0482. The van der Waals surface area contributed by atoms with Gasteiger partial charge in [0.15, 0.2) is 0 Å². The Morgan fingerprint density at radius 3 is 2.31 bits per heavy atom. The minimum Gasteiger partial charge on any atom is -0.468 e. The molecule has 0 spiro atoms. The number of hydrogen-bond acceptors (Lipinski definition) is 5. The van der Waals surface area contributed by atoms with Crippen LogP contribution in [0.5, 0.6) is 0 Å². The second-order valence-electron chi connectivity index (χ2n) is 3.07. The van der Waals surface area contributed by atoms with Crippen LogP contribution in [0.2, 0.25) is 0 Å². The summed E-state index contributed by atoms with van der Waals surface area (Å²) >= 11 is 0. The molecule has 0 unspecified atom stereocenters. The minimum atomic E-state index is -0.843. The molecule has 0 rings (SSSR count). The first-order chi connectivity index (χ1) is 5.90. The van der Waals surface area contributed by atoms with Gasteiger partial charge in [0, 0.05) is 6.92 Å². The highest BCUT2D eigenvalue weighted by atomic mass is 16.5. The van der Waals surface area contributed by atoms with Crippen molar-refractivity contribution in [3.05, 3.63) is 0 Å². The third kappa shape index (κ3) is 4.47. The van der Waals surface area contributed by atoms with Gasteiger partial charge in [-0.3, -0.25) is 14.9 Å². The molecule has 0 aliphatic carbocycles. The van der Waals surface area contributed by atoms with Crippen LogP contribution in [0.1, 0.15) is 20.8 Å². The molecule has 5 heteroatoms. The Bertz CT molecular complexity index is 200. The summed E-state index contributed by atoms with van der Waals surface area (Å²) in [6.45, 7) is 4.58. The lowest BCUT2D eigenvalue weighted by molar-refractivity contribution is -0.151. The fourth-order valence-electron chi connectivity index (χ4n) is 0.645. The summed E-state index contributed by atoms with van der Waals surface area (Å²) in [7, 11) is 1.30. The first-order valence-corrected chi connectivity index (χ1v) is 3.87.